The summed E-state index contributed by atoms with van der Waals surface area (Å²) in [6.07, 6.45) is 5.76. The van der Waals surface area contributed by atoms with E-state index < -0.39 is 0 Å². The van der Waals surface area contributed by atoms with Crippen molar-refractivity contribution < 1.29 is 9.53 Å². The molecule has 2 aliphatic carbocycles. The molecule has 1 aromatic heterocycles. The van der Waals surface area contributed by atoms with E-state index in [1.165, 1.54) is 0 Å². The van der Waals surface area contributed by atoms with Gasteiger partial charge in [-0.25, -0.2) is 15.4 Å². The van der Waals surface area contributed by atoms with Crippen molar-refractivity contribution in [2.45, 2.75) is 43.3 Å². The van der Waals surface area contributed by atoms with Crippen LogP contribution in [0, 0.1) is 17.8 Å². The van der Waals surface area contributed by atoms with E-state index in [-0.39, 0.29) is 17.5 Å². The van der Waals surface area contributed by atoms with Crippen molar-refractivity contribution >= 4 is 34.8 Å². The van der Waals surface area contributed by atoms with Crippen LogP contribution in [0.15, 0.2) is 24.5 Å². The van der Waals surface area contributed by atoms with Crippen LogP contribution in [-0.2, 0) is 10.2 Å². The number of halogens is 1. The summed E-state index contributed by atoms with van der Waals surface area (Å²) in [5.74, 6) is 3.71. The monoisotopic (exact) mass is 538 g/mol. The Labute approximate surface area is 227 Å². The van der Waals surface area contributed by atoms with Crippen molar-refractivity contribution in [2.24, 2.45) is 17.8 Å². The molecule has 1 aromatic carbocycles. The van der Waals surface area contributed by atoms with E-state index in [0.717, 1.165) is 74.7 Å². The molecule has 2 aromatic rings. The molecule has 1 spiro atoms. The van der Waals surface area contributed by atoms with E-state index in [4.69, 9.17) is 16.3 Å². The van der Waals surface area contributed by atoms with Crippen molar-refractivity contribution in [1.82, 2.24) is 25.7 Å². The van der Waals surface area contributed by atoms with Gasteiger partial charge >= 0.3 is 0 Å². The zero-order valence-electron chi connectivity index (χ0n) is 21.8. The van der Waals surface area contributed by atoms with Crippen LogP contribution in [0.2, 0.25) is 5.02 Å². The number of fused-ring (bicyclic) bond motifs is 3. The summed E-state index contributed by atoms with van der Waals surface area (Å²) in [6, 6.07) is 6.27. The van der Waals surface area contributed by atoms with E-state index in [1.54, 1.807) is 13.4 Å². The number of carbonyl (C=O) groups excluding carboxylic acids is 1. The van der Waals surface area contributed by atoms with Gasteiger partial charge in [-0.05, 0) is 68.3 Å². The Hall–Kier alpha value is -2.66. The highest BCUT2D eigenvalue weighted by molar-refractivity contribution is 6.35. The fourth-order valence-corrected chi connectivity index (χ4v) is 7.64. The average Bonchev–Trinajstić information content (AvgIpc) is 3.48. The maximum absolute atomic E-state index is 13.1. The van der Waals surface area contributed by atoms with Crippen LogP contribution < -0.4 is 31.1 Å². The molecule has 4 N–H and O–H groups in total. The van der Waals surface area contributed by atoms with Crippen molar-refractivity contribution in [2.75, 3.05) is 55.9 Å². The van der Waals surface area contributed by atoms with Crippen LogP contribution >= 0.6 is 11.6 Å². The van der Waals surface area contributed by atoms with E-state index in [1.807, 2.05) is 12.1 Å². The summed E-state index contributed by atoms with van der Waals surface area (Å²) in [4.78, 5) is 26.6. The Balaban J connectivity index is 1.02. The number of carbonyl (C=O) groups is 1. The second-order valence-corrected chi connectivity index (χ2v) is 11.9. The molecule has 4 heterocycles. The molecule has 0 bridgehead atoms. The topological polar surface area (TPSA) is 107 Å². The zero-order chi connectivity index (χ0) is 26.0. The highest BCUT2D eigenvalue weighted by Crippen LogP contribution is 2.65. The second kappa shape index (κ2) is 9.22. The number of rotatable bonds is 5. The Morgan fingerprint density at radius 2 is 2.00 bits per heavy atom. The van der Waals surface area contributed by atoms with Crippen molar-refractivity contribution in [3.63, 3.8) is 0 Å². The average molecular weight is 539 g/mol. The Morgan fingerprint density at radius 1 is 1.16 bits per heavy atom. The number of benzene rings is 1. The molecule has 2 saturated carbocycles. The summed E-state index contributed by atoms with van der Waals surface area (Å²) in [6.45, 7) is 3.79. The molecule has 7 rings (SSSR count). The Bertz CT molecular complexity index is 1250. The molecule has 4 fully saturated rings. The lowest BCUT2D eigenvalue weighted by Gasteiger charge is -2.35. The Kier molecular flexibility index (Phi) is 5.92. The third kappa shape index (κ3) is 3.84. The minimum absolute atomic E-state index is 0.0293. The summed E-state index contributed by atoms with van der Waals surface area (Å²) >= 11 is 6.81. The van der Waals surface area contributed by atoms with E-state index in [2.05, 4.69) is 54.4 Å². The van der Waals surface area contributed by atoms with Gasteiger partial charge in [0.1, 0.15) is 17.1 Å². The summed E-state index contributed by atoms with van der Waals surface area (Å²) in [7, 11) is 3.81. The molecule has 5 aliphatic rings. The van der Waals surface area contributed by atoms with Crippen molar-refractivity contribution in [3.8, 4) is 5.75 Å². The molecular weight excluding hydrogens is 504 g/mol. The van der Waals surface area contributed by atoms with Gasteiger partial charge < -0.3 is 25.2 Å². The fourth-order valence-electron chi connectivity index (χ4n) is 7.36. The predicted molar refractivity (Wildman–Crippen MR) is 146 cm³/mol. The minimum atomic E-state index is -0.390. The number of nitrogens with zero attached hydrogens (tertiary/aromatic N) is 4. The molecule has 11 heteroatoms. The number of nitrogens with one attached hydrogen (secondary N) is 4. The minimum Gasteiger partial charge on any atom is -0.497 e. The van der Waals surface area contributed by atoms with Crippen molar-refractivity contribution in [3.05, 3.63) is 35.1 Å². The van der Waals surface area contributed by atoms with E-state index in [0.29, 0.717) is 34.6 Å². The van der Waals surface area contributed by atoms with E-state index in [9.17, 15) is 4.79 Å². The number of hydrogen-bond acceptors (Lipinski definition) is 9. The van der Waals surface area contributed by atoms with Gasteiger partial charge in [0.2, 0.25) is 5.91 Å². The number of hydrogen-bond donors (Lipinski definition) is 4. The quantitative estimate of drug-likeness (QED) is 0.456. The number of hydrazine groups is 1. The van der Waals surface area contributed by atoms with Gasteiger partial charge in [0.25, 0.3) is 0 Å². The first-order valence-electron chi connectivity index (χ1n) is 13.7. The van der Waals surface area contributed by atoms with Gasteiger partial charge in [-0.2, -0.15) is 0 Å². The standard InChI is InChI=1S/C27H35ClN8O2/c1-35-7-9-36(10-8-35)25-22(28)24(29-14-30-25)32-23-17-5-3-15(11-21(17)33-34-23)19-13-27(19)18-12-16(38-2)4-6-20(18)31-26(27)37/h4,6,12,14-15,17,19,21,23,33-34H,3,5,7-11,13H2,1-2H3,(H,31,37)(H,29,30,32)/t15?,17?,19-,21?,23?,27-/m0/s1. The molecular formula is C27H35ClN8O2. The van der Waals surface area contributed by atoms with Crippen molar-refractivity contribution in [1.29, 1.82) is 0 Å². The van der Waals surface area contributed by atoms with Crippen LogP contribution in [0.3, 0.4) is 0 Å². The molecule has 0 radical (unpaired) electrons. The lowest BCUT2D eigenvalue weighted by Crippen LogP contribution is -2.45. The summed E-state index contributed by atoms with van der Waals surface area (Å²) in [5, 5.41) is 7.27. The number of likely N-dealkylation sites (N-methyl/N-ethyl adjacent to an activating group) is 1. The molecule has 202 valence electrons. The van der Waals surface area contributed by atoms with Gasteiger partial charge in [-0.1, -0.05) is 11.6 Å². The molecule has 6 atom stereocenters. The van der Waals surface area contributed by atoms with Crippen LogP contribution in [-0.4, -0.2) is 73.3 Å². The van der Waals surface area contributed by atoms with Crippen LogP contribution in [0.5, 0.6) is 5.75 Å². The van der Waals surface area contributed by atoms with Gasteiger partial charge in [0.15, 0.2) is 11.6 Å². The van der Waals surface area contributed by atoms with Crippen LogP contribution in [0.4, 0.5) is 17.3 Å². The number of ether oxygens (including phenoxy) is 1. The van der Waals surface area contributed by atoms with Crippen LogP contribution in [0.25, 0.3) is 0 Å². The maximum atomic E-state index is 13.1. The molecule has 3 aliphatic heterocycles. The zero-order valence-corrected chi connectivity index (χ0v) is 22.6. The smallest absolute Gasteiger partial charge is 0.235 e. The lowest BCUT2D eigenvalue weighted by molar-refractivity contribution is -0.118. The molecule has 4 unspecified atom stereocenters. The Morgan fingerprint density at radius 3 is 2.82 bits per heavy atom. The highest BCUT2D eigenvalue weighted by atomic mass is 35.5. The largest absolute Gasteiger partial charge is 0.497 e. The summed E-state index contributed by atoms with van der Waals surface area (Å²) < 4.78 is 5.46. The first kappa shape index (κ1) is 24.4. The number of methoxy groups -OCH3 is 1. The summed E-state index contributed by atoms with van der Waals surface area (Å²) in [5.41, 5.74) is 8.66. The highest BCUT2D eigenvalue weighted by Gasteiger charge is 2.67. The first-order chi connectivity index (χ1) is 18.5. The normalized spacial score (nSPS) is 34.1. The fraction of sp³-hybridized carbons (Fsp3) is 0.593. The maximum Gasteiger partial charge on any atom is 0.235 e. The number of piperazine rings is 1. The first-order valence-corrected chi connectivity index (χ1v) is 14.1. The molecule has 2 saturated heterocycles. The number of amides is 1. The third-order valence-corrected chi connectivity index (χ3v) is 9.96. The van der Waals surface area contributed by atoms with E-state index >= 15 is 0 Å². The second-order valence-electron chi connectivity index (χ2n) is 11.6. The van der Waals surface area contributed by atoms with Crippen LogP contribution in [0.1, 0.15) is 31.2 Å². The van der Waals surface area contributed by atoms with Gasteiger partial charge in [-0.15, -0.1) is 0 Å². The number of anilines is 3. The lowest BCUT2D eigenvalue weighted by atomic mass is 9.74. The third-order valence-electron chi connectivity index (χ3n) is 9.61. The van der Waals surface area contributed by atoms with Gasteiger partial charge in [0.05, 0.1) is 18.7 Å². The number of aromatic nitrogens is 2. The predicted octanol–water partition coefficient (Wildman–Crippen LogP) is 2.43. The molecule has 10 nitrogen and oxygen atoms in total. The SMILES string of the molecule is COc1ccc2c(c1)[C@]1(C[C@H]1C1CCC3C(C1)NNC3Nc1ncnc(N3CCN(C)CC3)c1Cl)C(=O)N2. The van der Waals surface area contributed by atoms with Gasteiger partial charge in [-0.3, -0.25) is 10.2 Å². The molecule has 1 amide bonds. The molecule has 38 heavy (non-hydrogen) atoms. The van der Waals surface area contributed by atoms with Gasteiger partial charge in [0, 0.05) is 43.8 Å².